The fraction of sp³-hybridized carbons (Fsp3) is 0.0784. The average Bonchev–Trinajstić information content (AvgIpc) is 3.80. The minimum Gasteiger partial charge on any atom is -0.311 e. The van der Waals surface area contributed by atoms with E-state index in [1.807, 2.05) is 36.4 Å². The molecule has 5 nitrogen and oxygen atoms in total. The fourth-order valence-electron chi connectivity index (χ4n) is 8.81. The van der Waals surface area contributed by atoms with E-state index in [2.05, 4.69) is 149 Å². The molecule has 5 heteroatoms. The highest BCUT2D eigenvalue weighted by Gasteiger charge is 2.26. The minimum absolute atomic E-state index is 0.644. The summed E-state index contributed by atoms with van der Waals surface area (Å²) < 4.78 is 5.05. The van der Waals surface area contributed by atoms with Gasteiger partial charge in [0.2, 0.25) is 0 Å². The summed E-state index contributed by atoms with van der Waals surface area (Å²) in [6, 6.07) is 62.4. The van der Waals surface area contributed by atoms with Crippen molar-refractivity contribution in [3.05, 3.63) is 187 Å². The first-order valence-electron chi connectivity index (χ1n) is 19.5. The molecule has 0 bridgehead atoms. The van der Waals surface area contributed by atoms with Crippen LogP contribution in [0.25, 0.3) is 89.4 Å². The fourth-order valence-corrected chi connectivity index (χ4v) is 8.81. The minimum atomic E-state index is 0.644. The molecule has 0 atom stereocenters. The summed E-state index contributed by atoms with van der Waals surface area (Å²) in [6.45, 7) is 0. The molecule has 1 aliphatic carbocycles. The van der Waals surface area contributed by atoms with Gasteiger partial charge >= 0.3 is 0 Å². The molecule has 0 N–H and O–H groups in total. The first-order chi connectivity index (χ1) is 27.8. The molecule has 0 saturated carbocycles. The van der Waals surface area contributed by atoms with E-state index >= 15 is 0 Å². The highest BCUT2D eigenvalue weighted by molar-refractivity contribution is 6.19. The average molecular weight is 720 g/mol. The maximum Gasteiger partial charge on any atom is 0.164 e. The molecule has 0 saturated heterocycles. The van der Waals surface area contributed by atoms with Crippen molar-refractivity contribution >= 4 is 32.7 Å². The molecule has 3 heterocycles. The lowest BCUT2D eigenvalue weighted by atomic mass is 9.95. The summed E-state index contributed by atoms with van der Waals surface area (Å²) in [6.07, 6.45) is 4.43. The van der Waals surface area contributed by atoms with Gasteiger partial charge in [0.05, 0.1) is 16.6 Å². The number of benzene rings is 7. The monoisotopic (exact) mass is 719 g/mol. The van der Waals surface area contributed by atoms with E-state index in [1.165, 1.54) is 50.4 Å². The highest BCUT2D eigenvalue weighted by Crippen LogP contribution is 2.43. The molecule has 0 aliphatic heterocycles. The predicted molar refractivity (Wildman–Crippen MR) is 229 cm³/mol. The number of hydrogen-bond acceptors (Lipinski definition) is 3. The van der Waals surface area contributed by atoms with Gasteiger partial charge in [0.1, 0.15) is 0 Å². The van der Waals surface area contributed by atoms with E-state index in [9.17, 15) is 0 Å². The van der Waals surface area contributed by atoms with Crippen LogP contribution in [0.5, 0.6) is 0 Å². The van der Waals surface area contributed by atoms with Crippen molar-refractivity contribution in [2.45, 2.75) is 25.7 Å². The standard InChI is InChI=1S/C51H37N5/c1-5-17-34(18-6-1)37-31-38(51-53-49(35-19-7-2-8-20-35)52-50(54-51)36-21-9-3-10-22-36)33-40(32-37)56-46-28-16-14-26-42(46)44-30-29-43-41-25-13-15-27-45(41)55(47(43)48(44)56)39-23-11-4-12-24-39/h1-13,15,17-25,27,29-33H,14,16,26,28H2. The summed E-state index contributed by atoms with van der Waals surface area (Å²) in [5.41, 5.74) is 13.9. The molecular formula is C51H37N5. The van der Waals surface area contributed by atoms with Gasteiger partial charge in [-0.3, -0.25) is 0 Å². The number of aryl methyl sites for hydroxylation is 1. The van der Waals surface area contributed by atoms with Crippen molar-refractivity contribution < 1.29 is 0 Å². The number of nitrogens with zero attached hydrogens (tertiary/aromatic N) is 5. The molecular weight excluding hydrogens is 683 g/mol. The van der Waals surface area contributed by atoms with Gasteiger partial charge in [0.15, 0.2) is 17.5 Å². The molecule has 1 aliphatic rings. The van der Waals surface area contributed by atoms with Gasteiger partial charge in [-0.25, -0.2) is 15.0 Å². The second-order valence-electron chi connectivity index (χ2n) is 14.7. The second kappa shape index (κ2) is 13.3. The van der Waals surface area contributed by atoms with Gasteiger partial charge in [0, 0.05) is 49.9 Å². The summed E-state index contributed by atoms with van der Waals surface area (Å²) in [5, 5.41) is 3.84. The topological polar surface area (TPSA) is 48.5 Å². The van der Waals surface area contributed by atoms with Crippen LogP contribution in [0, 0.1) is 0 Å². The van der Waals surface area contributed by atoms with E-state index in [-0.39, 0.29) is 0 Å². The maximum absolute atomic E-state index is 5.20. The lowest BCUT2D eigenvalue weighted by Crippen LogP contribution is -2.08. The Bertz CT molecular complexity index is 3000. The van der Waals surface area contributed by atoms with E-state index < -0.39 is 0 Å². The van der Waals surface area contributed by atoms with Crippen LogP contribution in [0.15, 0.2) is 176 Å². The van der Waals surface area contributed by atoms with Crippen molar-refractivity contribution in [3.8, 4) is 56.7 Å². The van der Waals surface area contributed by atoms with Crippen molar-refractivity contribution in [2.75, 3.05) is 0 Å². The van der Waals surface area contributed by atoms with Gasteiger partial charge in [0.25, 0.3) is 0 Å². The molecule has 3 aromatic heterocycles. The molecule has 0 amide bonds. The Kier molecular flexibility index (Phi) is 7.69. The van der Waals surface area contributed by atoms with Crippen LogP contribution in [0.2, 0.25) is 0 Å². The van der Waals surface area contributed by atoms with Gasteiger partial charge in [-0.15, -0.1) is 0 Å². The quantitative estimate of drug-likeness (QED) is 0.172. The second-order valence-corrected chi connectivity index (χ2v) is 14.7. The lowest BCUT2D eigenvalue weighted by Gasteiger charge is -2.19. The van der Waals surface area contributed by atoms with Gasteiger partial charge < -0.3 is 9.13 Å². The molecule has 7 aromatic carbocycles. The lowest BCUT2D eigenvalue weighted by molar-refractivity contribution is 0.667. The Morgan fingerprint density at radius 3 is 1.55 bits per heavy atom. The zero-order chi connectivity index (χ0) is 37.0. The molecule has 0 fully saturated rings. The Balaban J connectivity index is 1.25. The Morgan fingerprint density at radius 2 is 0.875 bits per heavy atom. The Labute approximate surface area is 325 Å². The first kappa shape index (κ1) is 32.3. The first-order valence-corrected chi connectivity index (χ1v) is 19.5. The summed E-state index contributed by atoms with van der Waals surface area (Å²) in [7, 11) is 0. The molecule has 11 rings (SSSR count). The van der Waals surface area contributed by atoms with Crippen LogP contribution < -0.4 is 0 Å². The van der Waals surface area contributed by atoms with Crippen LogP contribution in [0.4, 0.5) is 0 Å². The van der Waals surface area contributed by atoms with E-state index in [1.54, 1.807) is 0 Å². The van der Waals surface area contributed by atoms with Gasteiger partial charge in [-0.2, -0.15) is 0 Å². The van der Waals surface area contributed by atoms with Gasteiger partial charge in [-0.1, -0.05) is 140 Å². The smallest absolute Gasteiger partial charge is 0.164 e. The largest absolute Gasteiger partial charge is 0.311 e. The number of para-hydroxylation sites is 2. The summed E-state index contributed by atoms with van der Waals surface area (Å²) in [4.78, 5) is 15.4. The normalized spacial score (nSPS) is 12.7. The van der Waals surface area contributed by atoms with Crippen molar-refractivity contribution in [1.29, 1.82) is 0 Å². The van der Waals surface area contributed by atoms with E-state index in [0.717, 1.165) is 58.5 Å². The number of aromatic nitrogens is 5. The summed E-state index contributed by atoms with van der Waals surface area (Å²) in [5.74, 6) is 1.95. The van der Waals surface area contributed by atoms with Crippen LogP contribution in [-0.2, 0) is 12.8 Å². The van der Waals surface area contributed by atoms with Crippen LogP contribution >= 0.6 is 0 Å². The number of fused-ring (bicyclic) bond motifs is 7. The molecule has 0 unspecified atom stereocenters. The highest BCUT2D eigenvalue weighted by atomic mass is 15.1. The molecule has 10 aromatic rings. The van der Waals surface area contributed by atoms with Crippen molar-refractivity contribution in [3.63, 3.8) is 0 Å². The third kappa shape index (κ3) is 5.35. The molecule has 0 spiro atoms. The maximum atomic E-state index is 5.20. The number of rotatable bonds is 6. The third-order valence-corrected chi connectivity index (χ3v) is 11.3. The Morgan fingerprint density at radius 1 is 0.357 bits per heavy atom. The zero-order valence-corrected chi connectivity index (χ0v) is 30.8. The summed E-state index contributed by atoms with van der Waals surface area (Å²) >= 11 is 0. The molecule has 0 radical (unpaired) electrons. The van der Waals surface area contributed by atoms with Crippen LogP contribution in [0.3, 0.4) is 0 Å². The predicted octanol–water partition coefficient (Wildman–Crippen LogP) is 12.5. The Hall–Kier alpha value is -7.11. The van der Waals surface area contributed by atoms with E-state index in [0.29, 0.717) is 17.5 Å². The van der Waals surface area contributed by atoms with Crippen molar-refractivity contribution in [2.24, 2.45) is 0 Å². The number of hydrogen-bond donors (Lipinski definition) is 0. The third-order valence-electron chi connectivity index (χ3n) is 11.3. The van der Waals surface area contributed by atoms with Crippen molar-refractivity contribution in [1.82, 2.24) is 24.1 Å². The molecule has 266 valence electrons. The SMILES string of the molecule is c1ccc(-c2cc(-c3nc(-c4ccccc4)nc(-c4ccccc4)n3)cc(-n3c4c(c5ccc6c7ccccc7n(-c7ccccc7)c6c53)CCCC4)c2)cc1. The van der Waals surface area contributed by atoms with Gasteiger partial charge in [-0.05, 0) is 78.8 Å². The van der Waals surface area contributed by atoms with Crippen LogP contribution in [0.1, 0.15) is 24.1 Å². The van der Waals surface area contributed by atoms with Crippen LogP contribution in [-0.4, -0.2) is 24.1 Å². The van der Waals surface area contributed by atoms with E-state index in [4.69, 9.17) is 15.0 Å². The zero-order valence-electron chi connectivity index (χ0n) is 30.8. The molecule has 56 heavy (non-hydrogen) atoms.